The van der Waals surface area contributed by atoms with Gasteiger partial charge in [-0.3, -0.25) is 0 Å². The first kappa shape index (κ1) is 14.6. The van der Waals surface area contributed by atoms with Crippen LogP contribution in [0.4, 0.5) is 0 Å². The second-order valence-corrected chi connectivity index (χ2v) is 4.72. The Morgan fingerprint density at radius 1 is 1.44 bits per heavy atom. The van der Waals surface area contributed by atoms with Crippen molar-refractivity contribution in [3.05, 3.63) is 22.7 Å². The van der Waals surface area contributed by atoms with Gasteiger partial charge in [-0.05, 0) is 24.5 Å². The van der Waals surface area contributed by atoms with E-state index < -0.39 is 5.97 Å². The zero-order valence-corrected chi connectivity index (χ0v) is 11.4. The highest BCUT2D eigenvalue weighted by Gasteiger charge is 2.12. The lowest BCUT2D eigenvalue weighted by molar-refractivity contribution is -0.255. The fourth-order valence-electron chi connectivity index (χ4n) is 1.37. The van der Waals surface area contributed by atoms with E-state index in [0.29, 0.717) is 24.0 Å². The van der Waals surface area contributed by atoms with Gasteiger partial charge in [0, 0.05) is 5.56 Å². The molecule has 18 heavy (non-hydrogen) atoms. The lowest BCUT2D eigenvalue weighted by Crippen LogP contribution is -2.22. The van der Waals surface area contributed by atoms with Crippen LogP contribution in [0.2, 0.25) is 5.02 Å². The van der Waals surface area contributed by atoms with Crippen molar-refractivity contribution < 1.29 is 19.4 Å². The quantitative estimate of drug-likeness (QED) is 0.795. The van der Waals surface area contributed by atoms with Gasteiger partial charge in [0.1, 0.15) is 0 Å². The largest absolute Gasteiger partial charge is 0.545 e. The van der Waals surface area contributed by atoms with Crippen LogP contribution in [0.3, 0.4) is 0 Å². The number of carboxylic acid groups (broad SMARTS) is 1. The van der Waals surface area contributed by atoms with Crippen LogP contribution < -0.4 is 14.6 Å². The summed E-state index contributed by atoms with van der Waals surface area (Å²) in [6.45, 7) is 4.67. The molecule has 0 aliphatic rings. The van der Waals surface area contributed by atoms with Crippen molar-refractivity contribution in [1.29, 1.82) is 0 Å². The van der Waals surface area contributed by atoms with Crippen LogP contribution in [0.25, 0.3) is 0 Å². The molecule has 0 aliphatic carbocycles. The van der Waals surface area contributed by atoms with Gasteiger partial charge in [-0.1, -0.05) is 25.4 Å². The van der Waals surface area contributed by atoms with Crippen molar-refractivity contribution in [3.8, 4) is 11.5 Å². The zero-order valence-electron chi connectivity index (χ0n) is 10.7. The summed E-state index contributed by atoms with van der Waals surface area (Å²) in [5.41, 5.74) is -0.0342. The highest BCUT2D eigenvalue weighted by molar-refractivity contribution is 6.32. The zero-order chi connectivity index (χ0) is 13.7. The van der Waals surface area contributed by atoms with Crippen molar-refractivity contribution in [2.45, 2.75) is 20.3 Å². The number of aromatic carboxylic acids is 1. The summed E-state index contributed by atoms with van der Waals surface area (Å²) in [5, 5.41) is 11.0. The molecule has 0 bridgehead atoms. The topological polar surface area (TPSA) is 58.6 Å². The number of hydrogen-bond donors (Lipinski definition) is 0. The number of methoxy groups -OCH3 is 1. The van der Waals surface area contributed by atoms with Crippen molar-refractivity contribution in [1.82, 2.24) is 0 Å². The molecule has 1 rings (SSSR count). The van der Waals surface area contributed by atoms with Crippen molar-refractivity contribution in [2.24, 2.45) is 5.92 Å². The second-order valence-electron chi connectivity index (χ2n) is 4.31. The number of carboxylic acids is 1. The lowest BCUT2D eigenvalue weighted by atomic mass is 10.1. The molecule has 0 N–H and O–H groups in total. The molecule has 0 atom stereocenters. The molecule has 1 aromatic carbocycles. The number of hydrogen-bond acceptors (Lipinski definition) is 4. The molecule has 0 unspecified atom stereocenters. The summed E-state index contributed by atoms with van der Waals surface area (Å²) < 4.78 is 10.6. The monoisotopic (exact) mass is 271 g/mol. The van der Waals surface area contributed by atoms with Gasteiger partial charge < -0.3 is 19.4 Å². The fraction of sp³-hybridized carbons (Fsp3) is 0.462. The Morgan fingerprint density at radius 3 is 2.61 bits per heavy atom. The molecule has 0 saturated carbocycles. The van der Waals surface area contributed by atoms with E-state index in [9.17, 15) is 9.90 Å². The second kappa shape index (κ2) is 6.50. The van der Waals surface area contributed by atoms with Crippen molar-refractivity contribution >= 4 is 17.6 Å². The number of ether oxygens (including phenoxy) is 2. The van der Waals surface area contributed by atoms with E-state index in [1.165, 1.54) is 19.2 Å². The summed E-state index contributed by atoms with van der Waals surface area (Å²) >= 11 is 5.98. The van der Waals surface area contributed by atoms with Crippen molar-refractivity contribution in [2.75, 3.05) is 13.7 Å². The molecular formula is C13H16ClO4-. The molecule has 4 nitrogen and oxygen atoms in total. The highest BCUT2D eigenvalue weighted by atomic mass is 35.5. The molecule has 0 spiro atoms. The van der Waals surface area contributed by atoms with Crippen LogP contribution in [0, 0.1) is 5.92 Å². The normalized spacial score (nSPS) is 10.5. The molecule has 0 radical (unpaired) electrons. The van der Waals surface area contributed by atoms with E-state index in [2.05, 4.69) is 13.8 Å². The molecule has 0 saturated heterocycles. The van der Waals surface area contributed by atoms with Gasteiger partial charge >= 0.3 is 0 Å². The summed E-state index contributed by atoms with van der Waals surface area (Å²) in [6, 6.07) is 2.63. The third kappa shape index (κ3) is 3.81. The van der Waals surface area contributed by atoms with Crippen LogP contribution in [0.1, 0.15) is 30.6 Å². The maximum absolute atomic E-state index is 10.8. The third-order valence-corrected chi connectivity index (χ3v) is 2.69. The molecule has 5 heteroatoms. The molecular weight excluding hydrogens is 256 g/mol. The molecule has 100 valence electrons. The van der Waals surface area contributed by atoms with Crippen LogP contribution >= 0.6 is 11.6 Å². The Morgan fingerprint density at radius 2 is 2.11 bits per heavy atom. The Kier molecular flexibility index (Phi) is 5.28. The van der Waals surface area contributed by atoms with Gasteiger partial charge in [0.05, 0.1) is 24.7 Å². The Balaban J connectivity index is 2.93. The minimum absolute atomic E-state index is 0.0342. The molecule has 0 aromatic heterocycles. The van der Waals surface area contributed by atoms with E-state index >= 15 is 0 Å². The Labute approximate surface area is 111 Å². The van der Waals surface area contributed by atoms with E-state index in [4.69, 9.17) is 21.1 Å². The fourth-order valence-corrected chi connectivity index (χ4v) is 1.64. The van der Waals surface area contributed by atoms with Crippen molar-refractivity contribution in [3.63, 3.8) is 0 Å². The predicted molar refractivity (Wildman–Crippen MR) is 67.3 cm³/mol. The molecule has 0 aliphatic heterocycles. The van der Waals surface area contributed by atoms with Gasteiger partial charge in [0.25, 0.3) is 0 Å². The van der Waals surface area contributed by atoms with E-state index in [1.54, 1.807) is 0 Å². The smallest absolute Gasteiger partial charge is 0.179 e. The predicted octanol–water partition coefficient (Wildman–Crippen LogP) is 2.14. The average molecular weight is 272 g/mol. The minimum atomic E-state index is -1.30. The summed E-state index contributed by atoms with van der Waals surface area (Å²) in [5.74, 6) is -0.128. The Hall–Kier alpha value is -1.42. The maximum atomic E-state index is 10.8. The first-order valence-corrected chi connectivity index (χ1v) is 6.05. The number of carbonyl (C=O) groups excluding carboxylic acids is 1. The SMILES string of the molecule is COc1cc(C(=O)[O-])cc(Cl)c1OCCC(C)C. The van der Waals surface area contributed by atoms with Crippen LogP contribution in [-0.4, -0.2) is 19.7 Å². The molecule has 0 fully saturated rings. The lowest BCUT2D eigenvalue weighted by Gasteiger charge is -2.15. The summed E-state index contributed by atoms with van der Waals surface area (Å²) in [6.07, 6.45) is 0.877. The van der Waals surface area contributed by atoms with Crippen LogP contribution in [0.15, 0.2) is 12.1 Å². The summed E-state index contributed by atoms with van der Waals surface area (Å²) in [4.78, 5) is 10.8. The third-order valence-electron chi connectivity index (χ3n) is 2.41. The number of halogens is 1. The first-order chi connectivity index (χ1) is 8.45. The van der Waals surface area contributed by atoms with Gasteiger partial charge in [0.2, 0.25) is 0 Å². The van der Waals surface area contributed by atoms with Gasteiger partial charge in [-0.2, -0.15) is 0 Å². The Bertz CT molecular complexity index is 429. The number of benzene rings is 1. The van der Waals surface area contributed by atoms with Crippen LogP contribution in [0.5, 0.6) is 11.5 Å². The minimum Gasteiger partial charge on any atom is -0.545 e. The number of carbonyl (C=O) groups is 1. The highest BCUT2D eigenvalue weighted by Crippen LogP contribution is 2.36. The standard InChI is InChI=1S/C13H17ClO4/c1-8(2)4-5-18-12-10(14)6-9(13(15)16)7-11(12)17-3/h6-8H,4-5H2,1-3H3,(H,15,16)/p-1. The van der Waals surface area contributed by atoms with Gasteiger partial charge in [-0.15, -0.1) is 0 Å². The molecule has 0 heterocycles. The van der Waals surface area contributed by atoms with E-state index in [1.807, 2.05) is 0 Å². The van der Waals surface area contributed by atoms with E-state index in [-0.39, 0.29) is 10.6 Å². The first-order valence-electron chi connectivity index (χ1n) is 5.67. The van der Waals surface area contributed by atoms with E-state index in [0.717, 1.165) is 6.42 Å². The number of rotatable bonds is 6. The molecule has 1 aromatic rings. The van der Waals surface area contributed by atoms with Crippen LogP contribution in [-0.2, 0) is 0 Å². The molecule has 0 amide bonds. The average Bonchev–Trinajstić information content (AvgIpc) is 2.29. The van der Waals surface area contributed by atoms with Gasteiger partial charge in [-0.25, -0.2) is 0 Å². The maximum Gasteiger partial charge on any atom is 0.179 e. The van der Waals surface area contributed by atoms with Gasteiger partial charge in [0.15, 0.2) is 11.5 Å². The summed E-state index contributed by atoms with van der Waals surface area (Å²) in [7, 11) is 1.43.